The summed E-state index contributed by atoms with van der Waals surface area (Å²) in [5.74, 6) is -14.0. The van der Waals surface area contributed by atoms with E-state index >= 15 is 0 Å². The molecule has 0 radical (unpaired) electrons. The Morgan fingerprint density at radius 3 is 1.88 bits per heavy atom. The lowest BCUT2D eigenvalue weighted by Crippen LogP contribution is -2.34. The summed E-state index contributed by atoms with van der Waals surface area (Å²) in [5.41, 5.74) is -2.47. The molecular formula is C16H12F5NO4. The second kappa shape index (κ2) is 7.22. The van der Waals surface area contributed by atoms with E-state index in [4.69, 9.17) is 0 Å². The van der Waals surface area contributed by atoms with E-state index < -0.39 is 63.9 Å². The first-order valence-corrected chi connectivity index (χ1v) is 7.11. The zero-order chi connectivity index (χ0) is 19.8. The summed E-state index contributed by atoms with van der Waals surface area (Å²) < 4.78 is 77.3. The average Bonchev–Trinajstić information content (AvgIpc) is 2.64. The van der Waals surface area contributed by atoms with Crippen LogP contribution >= 0.6 is 0 Å². The van der Waals surface area contributed by atoms with Gasteiger partial charge in [0.1, 0.15) is 11.6 Å². The normalized spacial score (nSPS) is 17.1. The van der Waals surface area contributed by atoms with E-state index in [0.29, 0.717) is 0 Å². The first-order chi connectivity index (χ1) is 12.1. The van der Waals surface area contributed by atoms with E-state index in [9.17, 15) is 31.5 Å². The van der Waals surface area contributed by atoms with Crippen molar-refractivity contribution in [1.29, 1.82) is 0 Å². The predicted octanol–water partition coefficient (Wildman–Crippen LogP) is 2.92. The molecule has 10 heteroatoms. The minimum Gasteiger partial charge on any atom is -0.468 e. The van der Waals surface area contributed by atoms with Crippen molar-refractivity contribution in [2.24, 2.45) is 10.9 Å². The van der Waals surface area contributed by atoms with Crippen LogP contribution in [0.5, 0.6) is 0 Å². The third kappa shape index (κ3) is 3.06. The van der Waals surface area contributed by atoms with Gasteiger partial charge < -0.3 is 9.47 Å². The molecule has 0 saturated heterocycles. The van der Waals surface area contributed by atoms with Crippen LogP contribution in [0.2, 0.25) is 0 Å². The molecule has 1 heterocycles. The highest BCUT2D eigenvalue weighted by molar-refractivity contribution is 6.41. The quantitative estimate of drug-likeness (QED) is 0.352. The lowest BCUT2D eigenvalue weighted by Gasteiger charge is -2.23. The molecule has 1 aliphatic heterocycles. The molecule has 1 atom stereocenters. The molecule has 0 N–H and O–H groups in total. The highest BCUT2D eigenvalue weighted by Gasteiger charge is 2.37. The lowest BCUT2D eigenvalue weighted by atomic mass is 9.89. The summed E-state index contributed by atoms with van der Waals surface area (Å²) in [6.45, 7) is 1.28. The fourth-order valence-electron chi connectivity index (χ4n) is 2.51. The fourth-order valence-corrected chi connectivity index (χ4v) is 2.51. The maximum absolute atomic E-state index is 14.1. The highest BCUT2D eigenvalue weighted by atomic mass is 19.2. The van der Waals surface area contributed by atoms with E-state index in [1.807, 2.05) is 0 Å². The van der Waals surface area contributed by atoms with Crippen LogP contribution in [0, 0.1) is 35.0 Å². The van der Waals surface area contributed by atoms with Crippen molar-refractivity contribution < 1.29 is 41.0 Å². The summed E-state index contributed by atoms with van der Waals surface area (Å²) >= 11 is 0. The molecule has 0 bridgehead atoms. The van der Waals surface area contributed by atoms with Gasteiger partial charge in [-0.25, -0.2) is 31.7 Å². The van der Waals surface area contributed by atoms with Crippen molar-refractivity contribution in [3.63, 3.8) is 0 Å². The Bertz CT molecular complexity index is 834. The van der Waals surface area contributed by atoms with Gasteiger partial charge in [-0.05, 0) is 18.9 Å². The Balaban J connectivity index is 2.73. The van der Waals surface area contributed by atoms with Gasteiger partial charge in [-0.3, -0.25) is 4.79 Å². The zero-order valence-electron chi connectivity index (χ0n) is 13.8. The second-order valence-corrected chi connectivity index (χ2v) is 5.34. The van der Waals surface area contributed by atoms with Crippen molar-refractivity contribution in [2.75, 3.05) is 14.2 Å². The van der Waals surface area contributed by atoms with E-state index in [-0.39, 0.29) is 12.0 Å². The summed E-state index contributed by atoms with van der Waals surface area (Å²) in [6.07, 6.45) is -0.282. The molecule has 140 valence electrons. The standard InChI is InChI=1S/C16H12F5NO4/c1-5-4-6(15(23)25-2)14(16(24)26-3)22-13(5)7-8(17)10(19)12(21)11(20)9(7)18/h6H,4H2,1-3H3. The maximum atomic E-state index is 14.1. The largest absolute Gasteiger partial charge is 0.468 e. The Morgan fingerprint density at radius 2 is 1.42 bits per heavy atom. The van der Waals surface area contributed by atoms with Gasteiger partial charge in [0.2, 0.25) is 5.82 Å². The van der Waals surface area contributed by atoms with Gasteiger partial charge in [0.05, 0.1) is 25.5 Å². The van der Waals surface area contributed by atoms with Gasteiger partial charge in [-0.2, -0.15) is 0 Å². The van der Waals surface area contributed by atoms with Crippen molar-refractivity contribution >= 4 is 23.3 Å². The number of hydrogen-bond donors (Lipinski definition) is 0. The maximum Gasteiger partial charge on any atom is 0.353 e. The summed E-state index contributed by atoms with van der Waals surface area (Å²) in [7, 11) is 2.03. The van der Waals surface area contributed by atoms with E-state index in [1.54, 1.807) is 0 Å². The highest BCUT2D eigenvalue weighted by Crippen LogP contribution is 2.36. The Hall–Kier alpha value is -2.78. The summed E-state index contributed by atoms with van der Waals surface area (Å²) in [5, 5.41) is 0. The molecule has 26 heavy (non-hydrogen) atoms. The number of nitrogens with zero attached hydrogens (tertiary/aromatic N) is 1. The minimum absolute atomic E-state index is 0.0243. The Labute approximate surface area is 144 Å². The molecule has 2 rings (SSSR count). The van der Waals surface area contributed by atoms with Gasteiger partial charge in [-0.1, -0.05) is 0 Å². The third-order valence-electron chi connectivity index (χ3n) is 3.80. The van der Waals surface area contributed by atoms with Gasteiger partial charge >= 0.3 is 11.9 Å². The number of esters is 2. The van der Waals surface area contributed by atoms with Crippen LogP contribution < -0.4 is 0 Å². The minimum atomic E-state index is -2.32. The van der Waals surface area contributed by atoms with Crippen LogP contribution in [0.25, 0.3) is 5.70 Å². The first-order valence-electron chi connectivity index (χ1n) is 7.11. The third-order valence-corrected chi connectivity index (χ3v) is 3.80. The molecule has 0 aliphatic carbocycles. The molecule has 0 saturated carbocycles. The number of aliphatic imine (C=N–C) groups is 1. The Kier molecular flexibility index (Phi) is 5.43. The number of carbonyl (C=O) groups excluding carboxylic acids is 2. The second-order valence-electron chi connectivity index (χ2n) is 5.34. The molecular weight excluding hydrogens is 365 g/mol. The number of allylic oxidation sites excluding steroid dienone is 1. The van der Waals surface area contributed by atoms with Crippen molar-refractivity contribution in [3.05, 3.63) is 40.2 Å². The summed E-state index contributed by atoms with van der Waals surface area (Å²) in [6, 6.07) is 0. The molecule has 1 unspecified atom stereocenters. The number of methoxy groups -OCH3 is 2. The van der Waals surface area contributed by atoms with Crippen molar-refractivity contribution in [2.45, 2.75) is 13.3 Å². The molecule has 1 aromatic carbocycles. The smallest absolute Gasteiger partial charge is 0.353 e. The Morgan fingerprint density at radius 1 is 0.923 bits per heavy atom. The van der Waals surface area contributed by atoms with Crippen LogP contribution in [0.1, 0.15) is 18.9 Å². The van der Waals surface area contributed by atoms with Crippen LogP contribution in [0.15, 0.2) is 10.6 Å². The predicted molar refractivity (Wildman–Crippen MR) is 78.4 cm³/mol. The molecule has 0 amide bonds. The van der Waals surface area contributed by atoms with Gasteiger partial charge in [0.25, 0.3) is 0 Å². The number of hydrogen-bond acceptors (Lipinski definition) is 5. The molecule has 0 aromatic heterocycles. The van der Waals surface area contributed by atoms with Gasteiger partial charge in [0, 0.05) is 0 Å². The zero-order valence-corrected chi connectivity index (χ0v) is 13.8. The van der Waals surface area contributed by atoms with E-state index in [1.165, 1.54) is 6.92 Å². The summed E-state index contributed by atoms with van der Waals surface area (Å²) in [4.78, 5) is 27.4. The lowest BCUT2D eigenvalue weighted by molar-refractivity contribution is -0.144. The first kappa shape index (κ1) is 19.5. The molecule has 1 aromatic rings. The number of ether oxygens (including phenoxy) is 2. The number of rotatable bonds is 3. The van der Waals surface area contributed by atoms with Crippen molar-refractivity contribution in [1.82, 2.24) is 0 Å². The number of benzene rings is 1. The topological polar surface area (TPSA) is 65.0 Å². The average molecular weight is 377 g/mol. The van der Waals surface area contributed by atoms with Crippen molar-refractivity contribution in [3.8, 4) is 0 Å². The molecule has 1 aliphatic rings. The number of carbonyl (C=O) groups is 2. The van der Waals surface area contributed by atoms with Crippen LogP contribution in [-0.4, -0.2) is 31.9 Å². The van der Waals surface area contributed by atoms with Crippen LogP contribution in [0.3, 0.4) is 0 Å². The van der Waals surface area contributed by atoms with Gasteiger partial charge in [0.15, 0.2) is 23.3 Å². The van der Waals surface area contributed by atoms with E-state index in [0.717, 1.165) is 14.2 Å². The SMILES string of the molecule is COC(=O)C1=NC(c2c(F)c(F)c(F)c(F)c2F)=C(C)CC1C(=O)OC. The monoisotopic (exact) mass is 377 g/mol. The molecule has 0 spiro atoms. The van der Waals surface area contributed by atoms with Crippen LogP contribution in [-0.2, 0) is 19.1 Å². The molecule has 5 nitrogen and oxygen atoms in total. The van der Waals surface area contributed by atoms with Crippen LogP contribution in [0.4, 0.5) is 22.0 Å². The molecule has 0 fully saturated rings. The van der Waals surface area contributed by atoms with Gasteiger partial charge in [-0.15, -0.1) is 0 Å². The van der Waals surface area contributed by atoms with E-state index in [2.05, 4.69) is 14.5 Å². The number of halogens is 5. The fraction of sp³-hybridized carbons (Fsp3) is 0.312.